The summed E-state index contributed by atoms with van der Waals surface area (Å²) in [6.07, 6.45) is 4.72. The highest BCUT2D eigenvalue weighted by Crippen LogP contribution is 2.23. The van der Waals surface area contributed by atoms with Gasteiger partial charge in [0.15, 0.2) is 5.13 Å². The van der Waals surface area contributed by atoms with Crippen molar-refractivity contribution in [2.75, 3.05) is 42.5 Å². The molecule has 0 amide bonds. The summed E-state index contributed by atoms with van der Waals surface area (Å²) < 4.78 is 0. The standard InChI is InChI=1S/C15H21N5S/c1-12-10-13(2-3-16)11-18-14(12)19-5-7-20(8-6-19)15-17-4-9-21-15/h4,9-11H,2-3,5-8,16H2,1H3. The van der Waals surface area contributed by atoms with Crippen molar-refractivity contribution in [3.05, 3.63) is 35.0 Å². The average Bonchev–Trinajstić information content (AvgIpc) is 3.02. The Kier molecular flexibility index (Phi) is 4.36. The second-order valence-electron chi connectivity index (χ2n) is 5.31. The van der Waals surface area contributed by atoms with Gasteiger partial charge in [0.1, 0.15) is 5.82 Å². The SMILES string of the molecule is Cc1cc(CCN)cnc1N1CCN(c2nccs2)CC1. The Morgan fingerprint density at radius 2 is 1.95 bits per heavy atom. The van der Waals surface area contributed by atoms with Crippen molar-refractivity contribution in [2.24, 2.45) is 5.73 Å². The van der Waals surface area contributed by atoms with Crippen LogP contribution < -0.4 is 15.5 Å². The van der Waals surface area contributed by atoms with Crippen molar-refractivity contribution < 1.29 is 0 Å². The minimum atomic E-state index is 0.674. The fourth-order valence-electron chi connectivity index (χ4n) is 2.74. The van der Waals surface area contributed by atoms with Crippen molar-refractivity contribution in [3.63, 3.8) is 0 Å². The number of hydrogen-bond acceptors (Lipinski definition) is 6. The fourth-order valence-corrected chi connectivity index (χ4v) is 3.44. The molecule has 1 aliphatic rings. The molecular formula is C15H21N5S. The first-order valence-electron chi connectivity index (χ1n) is 7.33. The van der Waals surface area contributed by atoms with Gasteiger partial charge in [-0.25, -0.2) is 9.97 Å². The molecule has 0 atom stereocenters. The van der Waals surface area contributed by atoms with Crippen molar-refractivity contribution in [1.29, 1.82) is 0 Å². The maximum absolute atomic E-state index is 5.60. The summed E-state index contributed by atoms with van der Waals surface area (Å²) >= 11 is 1.71. The van der Waals surface area contributed by atoms with Crippen molar-refractivity contribution in [2.45, 2.75) is 13.3 Å². The molecule has 2 aromatic heterocycles. The normalized spacial score (nSPS) is 15.5. The molecule has 1 aliphatic heterocycles. The second-order valence-corrected chi connectivity index (χ2v) is 6.18. The molecule has 2 aromatic rings. The van der Waals surface area contributed by atoms with Crippen molar-refractivity contribution in [1.82, 2.24) is 9.97 Å². The van der Waals surface area contributed by atoms with Crippen molar-refractivity contribution in [3.8, 4) is 0 Å². The molecule has 0 aromatic carbocycles. The highest BCUT2D eigenvalue weighted by Gasteiger charge is 2.20. The monoisotopic (exact) mass is 303 g/mol. The molecule has 21 heavy (non-hydrogen) atoms. The first kappa shape index (κ1) is 14.3. The van der Waals surface area contributed by atoms with E-state index in [4.69, 9.17) is 5.73 Å². The first-order chi connectivity index (χ1) is 10.3. The third-order valence-corrected chi connectivity index (χ3v) is 4.64. The molecule has 3 heterocycles. The van der Waals surface area contributed by atoms with E-state index in [1.54, 1.807) is 11.3 Å². The van der Waals surface area contributed by atoms with E-state index >= 15 is 0 Å². The number of nitrogens with zero attached hydrogens (tertiary/aromatic N) is 4. The maximum Gasteiger partial charge on any atom is 0.185 e. The molecule has 1 saturated heterocycles. The average molecular weight is 303 g/mol. The Labute approximate surface area is 129 Å². The van der Waals surface area contributed by atoms with E-state index < -0.39 is 0 Å². The van der Waals surface area contributed by atoms with Gasteiger partial charge in [-0.15, -0.1) is 11.3 Å². The summed E-state index contributed by atoms with van der Waals surface area (Å²) in [5, 5.41) is 3.15. The molecule has 5 nitrogen and oxygen atoms in total. The van der Waals surface area contributed by atoms with Gasteiger partial charge in [0.2, 0.25) is 0 Å². The first-order valence-corrected chi connectivity index (χ1v) is 8.21. The molecule has 0 spiro atoms. The third kappa shape index (κ3) is 3.16. The van der Waals surface area contributed by atoms with Gasteiger partial charge in [0.05, 0.1) is 0 Å². The van der Waals surface area contributed by atoms with Gasteiger partial charge in [0, 0.05) is 44.0 Å². The van der Waals surface area contributed by atoms with Gasteiger partial charge in [-0.05, 0) is 31.0 Å². The third-order valence-electron chi connectivity index (χ3n) is 3.81. The van der Waals surface area contributed by atoms with Crippen LogP contribution in [0.15, 0.2) is 23.8 Å². The molecule has 0 unspecified atom stereocenters. The van der Waals surface area contributed by atoms with E-state index in [1.165, 1.54) is 11.1 Å². The van der Waals surface area contributed by atoms with Crippen LogP contribution in [0, 0.1) is 6.92 Å². The largest absolute Gasteiger partial charge is 0.353 e. The zero-order valence-electron chi connectivity index (χ0n) is 12.3. The van der Waals surface area contributed by atoms with E-state index in [0.29, 0.717) is 6.54 Å². The number of rotatable bonds is 4. The number of thiazole rings is 1. The fraction of sp³-hybridized carbons (Fsp3) is 0.467. The van der Waals surface area contributed by atoms with Gasteiger partial charge in [0.25, 0.3) is 0 Å². The highest BCUT2D eigenvalue weighted by molar-refractivity contribution is 7.13. The molecule has 0 aliphatic carbocycles. The predicted molar refractivity (Wildman–Crippen MR) is 88.3 cm³/mol. The number of hydrogen-bond donors (Lipinski definition) is 1. The van der Waals surface area contributed by atoms with Crippen LogP contribution in [0.1, 0.15) is 11.1 Å². The molecule has 0 saturated carbocycles. The number of aryl methyl sites for hydroxylation is 1. The summed E-state index contributed by atoms with van der Waals surface area (Å²) in [6, 6.07) is 2.21. The molecule has 2 N–H and O–H groups in total. The van der Waals surface area contributed by atoms with E-state index in [9.17, 15) is 0 Å². The Bertz CT molecular complexity index is 576. The van der Waals surface area contributed by atoms with Gasteiger partial charge >= 0.3 is 0 Å². The molecule has 0 bridgehead atoms. The zero-order chi connectivity index (χ0) is 14.7. The molecule has 0 radical (unpaired) electrons. The van der Waals surface area contributed by atoms with Crippen LogP contribution in [0.25, 0.3) is 0 Å². The molecule has 112 valence electrons. The second kappa shape index (κ2) is 6.41. The Hall–Kier alpha value is -1.66. The van der Waals surface area contributed by atoms with Gasteiger partial charge in [-0.3, -0.25) is 0 Å². The number of nitrogens with two attached hydrogens (primary N) is 1. The van der Waals surface area contributed by atoms with Crippen LogP contribution in [0.2, 0.25) is 0 Å². The number of aromatic nitrogens is 2. The Morgan fingerprint density at radius 3 is 2.57 bits per heavy atom. The summed E-state index contributed by atoms with van der Waals surface area (Å²) in [7, 11) is 0. The van der Waals surface area contributed by atoms with Crippen LogP contribution in [0.3, 0.4) is 0 Å². The number of piperazine rings is 1. The number of pyridine rings is 1. The lowest BCUT2D eigenvalue weighted by atomic mass is 10.1. The minimum absolute atomic E-state index is 0.674. The van der Waals surface area contributed by atoms with Crippen LogP contribution >= 0.6 is 11.3 Å². The van der Waals surface area contributed by atoms with Gasteiger partial charge in [-0.1, -0.05) is 6.07 Å². The zero-order valence-corrected chi connectivity index (χ0v) is 13.1. The Balaban J connectivity index is 1.66. The van der Waals surface area contributed by atoms with E-state index in [-0.39, 0.29) is 0 Å². The maximum atomic E-state index is 5.60. The minimum Gasteiger partial charge on any atom is -0.353 e. The quantitative estimate of drug-likeness (QED) is 0.931. The Morgan fingerprint density at radius 1 is 1.19 bits per heavy atom. The summed E-state index contributed by atoms with van der Waals surface area (Å²) in [6.45, 7) is 6.79. The topological polar surface area (TPSA) is 58.3 Å². The predicted octanol–water partition coefficient (Wildman–Crippen LogP) is 1.67. The molecule has 6 heteroatoms. The van der Waals surface area contributed by atoms with E-state index in [2.05, 4.69) is 32.8 Å². The van der Waals surface area contributed by atoms with Crippen LogP contribution in [0.4, 0.5) is 10.9 Å². The lowest BCUT2D eigenvalue weighted by molar-refractivity contribution is 0.644. The van der Waals surface area contributed by atoms with Crippen molar-refractivity contribution >= 4 is 22.3 Å². The van der Waals surface area contributed by atoms with Crippen LogP contribution in [-0.4, -0.2) is 42.7 Å². The molecular weight excluding hydrogens is 282 g/mol. The lowest BCUT2D eigenvalue weighted by Crippen LogP contribution is -2.47. The highest BCUT2D eigenvalue weighted by atomic mass is 32.1. The van der Waals surface area contributed by atoms with E-state index in [1.807, 2.05) is 17.8 Å². The summed E-state index contributed by atoms with van der Waals surface area (Å²) in [5.74, 6) is 1.11. The summed E-state index contributed by atoms with van der Waals surface area (Å²) in [5.41, 5.74) is 8.07. The van der Waals surface area contributed by atoms with Gasteiger partial charge < -0.3 is 15.5 Å². The number of anilines is 2. The molecule has 3 rings (SSSR count). The van der Waals surface area contributed by atoms with E-state index in [0.717, 1.165) is 43.5 Å². The lowest BCUT2D eigenvalue weighted by Gasteiger charge is -2.36. The van der Waals surface area contributed by atoms with Gasteiger partial charge in [-0.2, -0.15) is 0 Å². The smallest absolute Gasteiger partial charge is 0.185 e. The van der Waals surface area contributed by atoms with Crippen LogP contribution in [-0.2, 0) is 6.42 Å². The summed E-state index contributed by atoms with van der Waals surface area (Å²) in [4.78, 5) is 13.7. The van der Waals surface area contributed by atoms with Crippen LogP contribution in [0.5, 0.6) is 0 Å². The molecule has 1 fully saturated rings.